The minimum Gasteiger partial charge on any atom is -0.380 e. The average Bonchev–Trinajstić information content (AvgIpc) is 2.78. The van der Waals surface area contributed by atoms with Gasteiger partial charge in [0.05, 0.1) is 5.56 Å². The zero-order valence-electron chi connectivity index (χ0n) is 10.4. The maximum Gasteiger partial charge on any atom is 0.175 e. The van der Waals surface area contributed by atoms with Crippen LogP contribution in [-0.2, 0) is 0 Å². The van der Waals surface area contributed by atoms with Gasteiger partial charge in [-0.2, -0.15) is 0 Å². The third-order valence-corrected chi connectivity index (χ3v) is 3.96. The Bertz CT molecular complexity index is 586. The van der Waals surface area contributed by atoms with Crippen LogP contribution >= 0.6 is 11.6 Å². The van der Waals surface area contributed by atoms with Crippen LogP contribution in [0.4, 0.5) is 5.82 Å². The van der Waals surface area contributed by atoms with E-state index in [-0.39, 0.29) is 5.41 Å². The molecule has 1 fully saturated rings. The van der Waals surface area contributed by atoms with Crippen LogP contribution in [0.2, 0.25) is 5.02 Å². The van der Waals surface area contributed by atoms with Crippen LogP contribution in [0.1, 0.15) is 31.9 Å². The molecular weight excluding hydrogens is 248 g/mol. The predicted molar refractivity (Wildman–Crippen MR) is 72.5 cm³/mol. The lowest BCUT2D eigenvalue weighted by atomic mass is 10.0. The number of halogens is 1. The largest absolute Gasteiger partial charge is 0.380 e. The quantitative estimate of drug-likeness (QED) is 0.887. The molecule has 1 aliphatic carbocycles. The molecule has 1 unspecified atom stereocenters. The number of nitrogens with zero attached hydrogens (tertiary/aromatic N) is 1. The van der Waals surface area contributed by atoms with Gasteiger partial charge >= 0.3 is 0 Å². The normalized spacial score (nSPS) is 20.9. The summed E-state index contributed by atoms with van der Waals surface area (Å²) in [4.78, 5) is 0. The fourth-order valence-corrected chi connectivity index (χ4v) is 2.50. The Hall–Kier alpha value is -1.48. The molecule has 0 spiro atoms. The first-order valence-electron chi connectivity index (χ1n) is 6.00. The van der Waals surface area contributed by atoms with Crippen LogP contribution in [0.25, 0.3) is 11.1 Å². The van der Waals surface area contributed by atoms with Crippen molar-refractivity contribution in [3.63, 3.8) is 0 Å². The van der Waals surface area contributed by atoms with Crippen LogP contribution in [0, 0.1) is 5.41 Å². The summed E-state index contributed by atoms with van der Waals surface area (Å²) in [6.07, 6.45) is 1.11. The number of anilines is 1. The monoisotopic (exact) mass is 262 g/mol. The van der Waals surface area contributed by atoms with E-state index in [1.807, 2.05) is 24.3 Å². The number of benzene rings is 1. The van der Waals surface area contributed by atoms with E-state index in [0.717, 1.165) is 23.3 Å². The van der Waals surface area contributed by atoms with Crippen molar-refractivity contribution in [3.05, 3.63) is 35.0 Å². The molecule has 1 heterocycles. The van der Waals surface area contributed by atoms with Gasteiger partial charge in [-0.3, -0.25) is 0 Å². The van der Waals surface area contributed by atoms with Gasteiger partial charge in [0.15, 0.2) is 5.82 Å². The van der Waals surface area contributed by atoms with E-state index in [9.17, 15) is 0 Å². The Morgan fingerprint density at radius 1 is 1.33 bits per heavy atom. The second-order valence-electron chi connectivity index (χ2n) is 5.56. The maximum atomic E-state index is 5.93. The number of hydrogen-bond donors (Lipinski definition) is 1. The molecule has 0 saturated heterocycles. The van der Waals surface area contributed by atoms with Gasteiger partial charge in [-0.05, 0) is 29.5 Å². The van der Waals surface area contributed by atoms with Gasteiger partial charge in [0.1, 0.15) is 5.76 Å². The fourth-order valence-electron chi connectivity index (χ4n) is 2.38. The predicted octanol–water partition coefficient (Wildman–Crippen LogP) is 4.09. The first-order valence-corrected chi connectivity index (χ1v) is 6.38. The molecule has 1 aromatic carbocycles. The third-order valence-electron chi connectivity index (χ3n) is 3.71. The van der Waals surface area contributed by atoms with E-state index in [4.69, 9.17) is 21.9 Å². The Kier molecular flexibility index (Phi) is 2.42. The highest BCUT2D eigenvalue weighted by molar-refractivity contribution is 6.30. The highest BCUT2D eigenvalue weighted by atomic mass is 35.5. The minimum atomic E-state index is 0.285. The zero-order valence-corrected chi connectivity index (χ0v) is 11.2. The van der Waals surface area contributed by atoms with E-state index in [2.05, 4.69) is 19.0 Å². The molecule has 4 heteroatoms. The van der Waals surface area contributed by atoms with Gasteiger partial charge in [-0.15, -0.1) is 0 Å². The molecule has 0 radical (unpaired) electrons. The number of rotatable bonds is 2. The lowest BCUT2D eigenvalue weighted by Crippen LogP contribution is -1.93. The van der Waals surface area contributed by atoms with Crippen LogP contribution < -0.4 is 5.73 Å². The highest BCUT2D eigenvalue weighted by Crippen LogP contribution is 2.60. The molecule has 2 aromatic rings. The van der Waals surface area contributed by atoms with E-state index in [0.29, 0.717) is 16.8 Å². The second kappa shape index (κ2) is 3.75. The van der Waals surface area contributed by atoms with Gasteiger partial charge in [0.2, 0.25) is 0 Å². The fraction of sp³-hybridized carbons (Fsp3) is 0.357. The summed E-state index contributed by atoms with van der Waals surface area (Å²) >= 11 is 5.90. The minimum absolute atomic E-state index is 0.285. The summed E-state index contributed by atoms with van der Waals surface area (Å²) in [6.45, 7) is 4.45. The van der Waals surface area contributed by atoms with Crippen molar-refractivity contribution in [1.29, 1.82) is 0 Å². The second-order valence-corrected chi connectivity index (χ2v) is 6.00. The van der Waals surface area contributed by atoms with Gasteiger partial charge < -0.3 is 10.3 Å². The van der Waals surface area contributed by atoms with Gasteiger partial charge in [0.25, 0.3) is 0 Å². The molecule has 18 heavy (non-hydrogen) atoms. The third kappa shape index (κ3) is 1.79. The summed E-state index contributed by atoms with van der Waals surface area (Å²) in [6, 6.07) is 7.60. The van der Waals surface area contributed by atoms with E-state index >= 15 is 0 Å². The smallest absolute Gasteiger partial charge is 0.175 e. The Labute approximate surface area is 111 Å². The first kappa shape index (κ1) is 11.6. The van der Waals surface area contributed by atoms with Gasteiger partial charge in [-0.25, -0.2) is 0 Å². The Morgan fingerprint density at radius 2 is 1.94 bits per heavy atom. The average molecular weight is 263 g/mol. The molecule has 3 nitrogen and oxygen atoms in total. The van der Waals surface area contributed by atoms with Crippen molar-refractivity contribution in [3.8, 4) is 11.1 Å². The molecule has 3 rings (SSSR count). The topological polar surface area (TPSA) is 52.0 Å². The molecule has 0 aliphatic heterocycles. The number of hydrogen-bond acceptors (Lipinski definition) is 3. The molecule has 1 saturated carbocycles. The van der Waals surface area contributed by atoms with Crippen LogP contribution in [0.3, 0.4) is 0 Å². The van der Waals surface area contributed by atoms with E-state index < -0.39 is 0 Å². The van der Waals surface area contributed by atoms with Gasteiger partial charge in [0, 0.05) is 10.9 Å². The molecule has 1 aliphatic rings. The summed E-state index contributed by atoms with van der Waals surface area (Å²) in [5, 5.41) is 4.62. The lowest BCUT2D eigenvalue weighted by molar-refractivity contribution is 0.376. The van der Waals surface area contributed by atoms with E-state index in [1.165, 1.54) is 0 Å². The molecule has 2 N–H and O–H groups in total. The molecule has 1 aromatic heterocycles. The molecular formula is C14H15ClN2O. The summed E-state index contributed by atoms with van der Waals surface area (Å²) < 4.78 is 5.43. The van der Waals surface area contributed by atoms with Gasteiger partial charge in [-0.1, -0.05) is 42.7 Å². The SMILES string of the molecule is CC1(C)CC1c1onc(N)c1-c1ccc(Cl)cc1. The summed E-state index contributed by atoms with van der Waals surface area (Å²) in [5.41, 5.74) is 8.14. The Morgan fingerprint density at radius 3 is 2.50 bits per heavy atom. The van der Waals surface area contributed by atoms with Crippen molar-refractivity contribution in [1.82, 2.24) is 5.16 Å². The number of aromatic nitrogens is 1. The maximum absolute atomic E-state index is 5.93. The van der Waals surface area contributed by atoms with Crippen LogP contribution in [0.5, 0.6) is 0 Å². The lowest BCUT2D eigenvalue weighted by Gasteiger charge is -2.04. The number of nitrogen functional groups attached to an aromatic ring is 1. The van der Waals surface area contributed by atoms with Crippen molar-refractivity contribution in [2.24, 2.45) is 5.41 Å². The van der Waals surface area contributed by atoms with Crippen LogP contribution in [0.15, 0.2) is 28.8 Å². The number of nitrogens with two attached hydrogens (primary N) is 1. The van der Waals surface area contributed by atoms with E-state index in [1.54, 1.807) is 0 Å². The molecule has 1 atom stereocenters. The zero-order chi connectivity index (χ0) is 12.9. The first-order chi connectivity index (χ1) is 8.49. The highest BCUT2D eigenvalue weighted by Gasteiger charge is 2.50. The standard InChI is InChI=1S/C14H15ClN2O/c1-14(2)7-10(14)12-11(13(16)17-18-12)8-3-5-9(15)6-4-8/h3-6,10H,7H2,1-2H3,(H2,16,17). The van der Waals surface area contributed by atoms with Crippen molar-refractivity contribution in [2.75, 3.05) is 5.73 Å². The van der Waals surface area contributed by atoms with Crippen LogP contribution in [-0.4, -0.2) is 5.16 Å². The Balaban J connectivity index is 2.06. The molecule has 0 amide bonds. The molecule has 0 bridgehead atoms. The molecule has 94 valence electrons. The van der Waals surface area contributed by atoms with Crippen molar-refractivity contribution >= 4 is 17.4 Å². The summed E-state index contributed by atoms with van der Waals surface area (Å²) in [7, 11) is 0. The summed E-state index contributed by atoms with van der Waals surface area (Å²) in [5.74, 6) is 1.77. The van der Waals surface area contributed by atoms with Crippen molar-refractivity contribution in [2.45, 2.75) is 26.2 Å². The van der Waals surface area contributed by atoms with Crippen molar-refractivity contribution < 1.29 is 4.52 Å².